The molecule has 0 aliphatic rings. The van der Waals surface area contributed by atoms with Gasteiger partial charge in [0.1, 0.15) is 12.1 Å². The summed E-state index contributed by atoms with van der Waals surface area (Å²) < 4.78 is 2.78. The Hall–Kier alpha value is -1.35. The molecule has 0 unspecified atom stereocenters. The third kappa shape index (κ3) is 4.84. The number of halogens is 3. The third-order valence-corrected chi connectivity index (χ3v) is 5.62. The van der Waals surface area contributed by atoms with Gasteiger partial charge in [0.15, 0.2) is 0 Å². The second kappa shape index (κ2) is 8.35. The molecule has 0 atom stereocenters. The molecule has 3 aromatic rings. The van der Waals surface area contributed by atoms with Crippen molar-refractivity contribution in [2.45, 2.75) is 10.9 Å². The number of hydrogen-bond donors (Lipinski definition) is 1. The lowest BCUT2D eigenvalue weighted by molar-refractivity contribution is 0.468. The highest BCUT2D eigenvalue weighted by Crippen LogP contribution is 2.32. The Labute approximate surface area is 170 Å². The maximum atomic E-state index is 9.75. The average Bonchev–Trinajstić information content (AvgIpc) is 3.04. The van der Waals surface area contributed by atoms with E-state index in [0.29, 0.717) is 19.1 Å². The number of phenolic OH excluding ortho intramolecular Hbond substituents is 1. The smallest absolute Gasteiger partial charge is 0.212 e. The van der Waals surface area contributed by atoms with Crippen LogP contribution in [0.15, 0.2) is 61.9 Å². The average molecular weight is 503 g/mol. The molecular formula is C16H11Br2ClN4OS. The van der Waals surface area contributed by atoms with Gasteiger partial charge in [-0.15, -0.1) is 10.2 Å². The Morgan fingerprint density at radius 1 is 1.20 bits per heavy atom. The SMILES string of the molecule is Oc1c(Br)cc(/C=N/n2cnnc2SCc2ccc(Cl)cc2)cc1Br. The van der Waals surface area contributed by atoms with Crippen LogP contribution in [0.4, 0.5) is 0 Å². The van der Waals surface area contributed by atoms with Crippen molar-refractivity contribution in [3.8, 4) is 5.75 Å². The number of nitrogens with zero attached hydrogens (tertiary/aromatic N) is 4. The fourth-order valence-electron chi connectivity index (χ4n) is 1.91. The van der Waals surface area contributed by atoms with Crippen molar-refractivity contribution in [1.29, 1.82) is 0 Å². The lowest BCUT2D eigenvalue weighted by atomic mass is 10.2. The molecule has 0 bridgehead atoms. The van der Waals surface area contributed by atoms with Gasteiger partial charge in [0.05, 0.1) is 15.2 Å². The minimum absolute atomic E-state index is 0.153. The predicted molar refractivity (Wildman–Crippen MR) is 108 cm³/mol. The summed E-state index contributed by atoms with van der Waals surface area (Å²) in [6.45, 7) is 0. The Morgan fingerprint density at radius 3 is 2.56 bits per heavy atom. The van der Waals surface area contributed by atoms with E-state index in [4.69, 9.17) is 11.6 Å². The molecule has 1 aromatic heterocycles. The molecule has 2 aromatic carbocycles. The van der Waals surface area contributed by atoms with Gasteiger partial charge < -0.3 is 5.11 Å². The summed E-state index contributed by atoms with van der Waals surface area (Å²) in [6, 6.07) is 11.2. The van der Waals surface area contributed by atoms with E-state index >= 15 is 0 Å². The van der Waals surface area contributed by atoms with E-state index in [9.17, 15) is 5.11 Å². The molecule has 1 heterocycles. The van der Waals surface area contributed by atoms with Crippen molar-refractivity contribution in [1.82, 2.24) is 14.9 Å². The first-order chi connectivity index (χ1) is 12.0. The van der Waals surface area contributed by atoms with Crippen LogP contribution in [-0.4, -0.2) is 26.2 Å². The van der Waals surface area contributed by atoms with Crippen LogP contribution in [0.3, 0.4) is 0 Å². The fraction of sp³-hybridized carbons (Fsp3) is 0.0625. The van der Waals surface area contributed by atoms with E-state index < -0.39 is 0 Å². The molecule has 5 nitrogen and oxygen atoms in total. The summed E-state index contributed by atoms with van der Waals surface area (Å²) in [5.74, 6) is 0.891. The van der Waals surface area contributed by atoms with E-state index in [1.165, 1.54) is 11.8 Å². The first kappa shape index (κ1) is 18.4. The van der Waals surface area contributed by atoms with Crippen LogP contribution >= 0.6 is 55.2 Å². The highest BCUT2D eigenvalue weighted by atomic mass is 79.9. The van der Waals surface area contributed by atoms with Gasteiger partial charge in [0.25, 0.3) is 0 Å². The molecule has 0 fully saturated rings. The summed E-state index contributed by atoms with van der Waals surface area (Å²) >= 11 is 14.0. The third-order valence-electron chi connectivity index (χ3n) is 3.15. The second-order valence-electron chi connectivity index (χ2n) is 4.95. The topological polar surface area (TPSA) is 63.3 Å². The zero-order valence-corrected chi connectivity index (χ0v) is 17.3. The van der Waals surface area contributed by atoms with Crippen molar-refractivity contribution in [2.24, 2.45) is 5.10 Å². The van der Waals surface area contributed by atoms with Crippen LogP contribution < -0.4 is 0 Å². The molecule has 1 N–H and O–H groups in total. The first-order valence-electron chi connectivity index (χ1n) is 7.02. The molecule has 0 saturated heterocycles. The Morgan fingerprint density at radius 2 is 1.88 bits per heavy atom. The number of thioether (sulfide) groups is 1. The van der Waals surface area contributed by atoms with Gasteiger partial charge in [-0.3, -0.25) is 0 Å². The zero-order valence-electron chi connectivity index (χ0n) is 12.6. The van der Waals surface area contributed by atoms with Gasteiger partial charge >= 0.3 is 0 Å². The Kier molecular flexibility index (Phi) is 6.16. The summed E-state index contributed by atoms with van der Waals surface area (Å²) in [6.07, 6.45) is 3.22. The van der Waals surface area contributed by atoms with Crippen LogP contribution in [0, 0.1) is 0 Å². The Balaban J connectivity index is 1.72. The minimum atomic E-state index is 0.153. The fourth-order valence-corrected chi connectivity index (χ4v) is 4.08. The monoisotopic (exact) mass is 500 g/mol. The van der Waals surface area contributed by atoms with Gasteiger partial charge in [0.2, 0.25) is 5.16 Å². The molecule has 0 radical (unpaired) electrons. The number of benzene rings is 2. The van der Waals surface area contributed by atoms with Crippen LogP contribution in [0.1, 0.15) is 11.1 Å². The number of aromatic hydroxyl groups is 1. The second-order valence-corrected chi connectivity index (χ2v) is 8.04. The molecule has 9 heteroatoms. The molecule has 128 valence electrons. The van der Waals surface area contributed by atoms with Crippen molar-refractivity contribution < 1.29 is 5.11 Å². The normalized spacial score (nSPS) is 11.3. The largest absolute Gasteiger partial charge is 0.506 e. The standard InChI is InChI=1S/C16H11Br2ClN4OS/c17-13-5-11(6-14(18)15(13)24)7-21-23-9-20-22-16(23)25-8-10-1-3-12(19)4-2-10/h1-7,9,24H,8H2/b21-7+. The van der Waals surface area contributed by atoms with Gasteiger partial charge in [-0.25, -0.2) is 0 Å². The lowest BCUT2D eigenvalue weighted by Crippen LogP contribution is -1.93. The van der Waals surface area contributed by atoms with Crippen LogP contribution in [0.5, 0.6) is 5.75 Å². The zero-order chi connectivity index (χ0) is 17.8. The van der Waals surface area contributed by atoms with E-state index in [-0.39, 0.29) is 5.75 Å². The van der Waals surface area contributed by atoms with E-state index in [1.54, 1.807) is 29.4 Å². The molecule has 0 amide bonds. The number of aromatic nitrogens is 3. The number of hydrogen-bond acceptors (Lipinski definition) is 5. The molecular weight excluding hydrogens is 492 g/mol. The van der Waals surface area contributed by atoms with E-state index in [1.807, 2.05) is 24.3 Å². The molecule has 0 aliphatic carbocycles. The van der Waals surface area contributed by atoms with E-state index in [0.717, 1.165) is 16.9 Å². The summed E-state index contributed by atoms with van der Waals surface area (Å²) in [5.41, 5.74) is 1.96. The van der Waals surface area contributed by atoms with Crippen LogP contribution in [0.2, 0.25) is 5.02 Å². The van der Waals surface area contributed by atoms with Crippen molar-refractivity contribution in [3.63, 3.8) is 0 Å². The van der Waals surface area contributed by atoms with Gasteiger partial charge in [-0.05, 0) is 67.3 Å². The van der Waals surface area contributed by atoms with Crippen molar-refractivity contribution in [2.75, 3.05) is 0 Å². The molecule has 0 saturated carbocycles. The minimum Gasteiger partial charge on any atom is -0.506 e. The molecule has 0 aliphatic heterocycles. The van der Waals surface area contributed by atoms with Gasteiger partial charge in [-0.2, -0.15) is 9.78 Å². The predicted octanol–water partition coefficient (Wildman–Crippen LogP) is 5.34. The maximum Gasteiger partial charge on any atom is 0.212 e. The summed E-state index contributed by atoms with van der Waals surface area (Å²) in [4.78, 5) is 0. The van der Waals surface area contributed by atoms with Crippen LogP contribution in [0.25, 0.3) is 0 Å². The van der Waals surface area contributed by atoms with Gasteiger partial charge in [0, 0.05) is 10.8 Å². The maximum absolute atomic E-state index is 9.75. The summed E-state index contributed by atoms with van der Waals surface area (Å²) in [7, 11) is 0. The van der Waals surface area contributed by atoms with E-state index in [2.05, 4.69) is 47.2 Å². The first-order valence-corrected chi connectivity index (χ1v) is 9.97. The van der Waals surface area contributed by atoms with Gasteiger partial charge in [-0.1, -0.05) is 35.5 Å². The Bertz CT molecular complexity index is 892. The molecule has 0 spiro atoms. The molecule has 3 rings (SSSR count). The summed E-state index contributed by atoms with van der Waals surface area (Å²) in [5, 5.41) is 23.5. The number of rotatable bonds is 5. The molecule has 25 heavy (non-hydrogen) atoms. The van der Waals surface area contributed by atoms with Crippen molar-refractivity contribution >= 4 is 61.4 Å². The highest BCUT2D eigenvalue weighted by molar-refractivity contribution is 9.11. The number of phenols is 1. The van der Waals surface area contributed by atoms with Crippen molar-refractivity contribution in [3.05, 3.63) is 67.8 Å². The lowest BCUT2D eigenvalue weighted by Gasteiger charge is -2.03. The highest BCUT2D eigenvalue weighted by Gasteiger charge is 2.07. The quantitative estimate of drug-likeness (QED) is 0.378. The van der Waals surface area contributed by atoms with Crippen LogP contribution in [-0.2, 0) is 5.75 Å².